The number of carbonyl (C=O) groups excluding carboxylic acids is 2. The second-order valence-corrected chi connectivity index (χ2v) is 2.11. The first kappa shape index (κ1) is 9.68. The van der Waals surface area contributed by atoms with E-state index in [1.807, 2.05) is 0 Å². The summed E-state index contributed by atoms with van der Waals surface area (Å²) in [7, 11) is 1.25. The van der Waals surface area contributed by atoms with Gasteiger partial charge >= 0.3 is 5.97 Å². The van der Waals surface area contributed by atoms with E-state index in [2.05, 4.69) is 4.74 Å². The third-order valence-corrected chi connectivity index (χ3v) is 1.42. The summed E-state index contributed by atoms with van der Waals surface area (Å²) in [5.74, 6) is -1.13. The molecule has 0 aliphatic carbocycles. The number of esters is 1. The van der Waals surface area contributed by atoms with Gasteiger partial charge < -0.3 is 10.5 Å². The normalized spacial score (nSPS) is 11.9. The van der Waals surface area contributed by atoms with Gasteiger partial charge in [-0.05, 0) is 13.8 Å². The Morgan fingerprint density at radius 3 is 1.91 bits per heavy atom. The van der Waals surface area contributed by atoms with Gasteiger partial charge in [-0.2, -0.15) is 0 Å². The van der Waals surface area contributed by atoms with Crippen LogP contribution >= 0.6 is 0 Å². The Labute approximate surface area is 65.0 Å². The van der Waals surface area contributed by atoms with Crippen LogP contribution in [0.4, 0.5) is 0 Å². The lowest BCUT2D eigenvalue weighted by Crippen LogP contribution is -2.16. The fraction of sp³-hybridized carbons (Fsp3) is 0.429. The second kappa shape index (κ2) is 3.75. The third-order valence-electron chi connectivity index (χ3n) is 1.42. The van der Waals surface area contributed by atoms with Crippen LogP contribution < -0.4 is 5.73 Å². The van der Waals surface area contributed by atoms with Crippen LogP contribution in [0.15, 0.2) is 11.1 Å². The highest BCUT2D eigenvalue weighted by atomic mass is 16.5. The molecule has 4 nitrogen and oxygen atoms in total. The van der Waals surface area contributed by atoms with Crippen molar-refractivity contribution in [3.8, 4) is 0 Å². The molecule has 2 N–H and O–H groups in total. The predicted octanol–water partition coefficient (Wildman–Crippen LogP) is -0.0189. The molecule has 0 aromatic heterocycles. The summed E-state index contributed by atoms with van der Waals surface area (Å²) in [6.07, 6.45) is 0. The molecule has 0 aromatic rings. The van der Waals surface area contributed by atoms with E-state index in [1.54, 1.807) is 0 Å². The Kier molecular flexibility index (Phi) is 3.30. The summed E-state index contributed by atoms with van der Waals surface area (Å²) < 4.78 is 4.38. The molecule has 0 unspecified atom stereocenters. The zero-order chi connectivity index (χ0) is 9.02. The van der Waals surface area contributed by atoms with Crippen LogP contribution in [-0.2, 0) is 14.3 Å². The molecule has 0 rings (SSSR count). The first-order valence-corrected chi connectivity index (χ1v) is 3.06. The molecule has 0 aliphatic rings. The minimum Gasteiger partial charge on any atom is -0.466 e. The maximum absolute atomic E-state index is 10.8. The van der Waals surface area contributed by atoms with Gasteiger partial charge in [0.2, 0.25) is 5.91 Å². The molecule has 62 valence electrons. The van der Waals surface area contributed by atoms with Crippen molar-refractivity contribution in [3.63, 3.8) is 0 Å². The molecule has 0 aromatic carbocycles. The van der Waals surface area contributed by atoms with Crippen molar-refractivity contribution >= 4 is 11.9 Å². The monoisotopic (exact) mass is 157 g/mol. The Hall–Kier alpha value is -1.32. The van der Waals surface area contributed by atoms with Crippen molar-refractivity contribution in [3.05, 3.63) is 11.1 Å². The number of methoxy groups -OCH3 is 1. The number of rotatable bonds is 2. The number of ether oxygens (including phenoxy) is 1. The number of amides is 1. The minimum atomic E-state index is -0.604. The highest BCUT2D eigenvalue weighted by Crippen LogP contribution is 2.03. The van der Waals surface area contributed by atoms with Crippen molar-refractivity contribution in [2.24, 2.45) is 5.73 Å². The van der Waals surface area contributed by atoms with E-state index in [9.17, 15) is 9.59 Å². The molecular formula is C7H11NO3. The van der Waals surface area contributed by atoms with E-state index in [-0.39, 0.29) is 11.1 Å². The van der Waals surface area contributed by atoms with E-state index in [4.69, 9.17) is 5.73 Å². The van der Waals surface area contributed by atoms with E-state index in [0.29, 0.717) is 0 Å². The van der Waals surface area contributed by atoms with E-state index < -0.39 is 11.9 Å². The molecule has 4 heteroatoms. The van der Waals surface area contributed by atoms with Gasteiger partial charge in [-0.15, -0.1) is 0 Å². The van der Waals surface area contributed by atoms with Crippen LogP contribution in [-0.4, -0.2) is 19.0 Å². The topological polar surface area (TPSA) is 69.4 Å². The summed E-state index contributed by atoms with van der Waals surface area (Å²) in [4.78, 5) is 21.3. The zero-order valence-corrected chi connectivity index (χ0v) is 6.80. The fourth-order valence-electron chi connectivity index (χ4n) is 0.491. The van der Waals surface area contributed by atoms with Crippen LogP contribution in [0.5, 0.6) is 0 Å². The predicted molar refractivity (Wildman–Crippen MR) is 39.6 cm³/mol. The average molecular weight is 157 g/mol. The van der Waals surface area contributed by atoms with Gasteiger partial charge in [-0.25, -0.2) is 4.79 Å². The van der Waals surface area contributed by atoms with Crippen LogP contribution in [0.25, 0.3) is 0 Å². The lowest BCUT2D eigenvalue weighted by Gasteiger charge is -2.00. The van der Waals surface area contributed by atoms with Crippen molar-refractivity contribution < 1.29 is 14.3 Å². The minimum absolute atomic E-state index is 0.233. The summed E-state index contributed by atoms with van der Waals surface area (Å²) in [5.41, 5.74) is 5.41. The Morgan fingerprint density at radius 2 is 1.64 bits per heavy atom. The fourth-order valence-corrected chi connectivity index (χ4v) is 0.491. The Balaban J connectivity index is 4.66. The van der Waals surface area contributed by atoms with E-state index >= 15 is 0 Å². The standard InChI is InChI=1S/C7H11NO3/c1-4(6(8)9)5(2)7(10)11-3/h1-3H3,(H2,8,9)/b5-4-. The molecule has 1 amide bonds. The molecule has 0 radical (unpaired) electrons. The SMILES string of the molecule is COC(=O)/C(C)=C(/C)C(N)=O. The number of nitrogens with two attached hydrogens (primary N) is 1. The third kappa shape index (κ3) is 2.41. The highest BCUT2D eigenvalue weighted by molar-refractivity contribution is 6.01. The van der Waals surface area contributed by atoms with Gasteiger partial charge in [0.25, 0.3) is 0 Å². The van der Waals surface area contributed by atoms with Gasteiger partial charge in [0, 0.05) is 11.1 Å². The van der Waals surface area contributed by atoms with Gasteiger partial charge in [0.05, 0.1) is 7.11 Å². The van der Waals surface area contributed by atoms with E-state index in [0.717, 1.165) is 0 Å². The van der Waals surface area contributed by atoms with Gasteiger partial charge in [0.1, 0.15) is 0 Å². The van der Waals surface area contributed by atoms with Crippen LogP contribution in [0.3, 0.4) is 0 Å². The highest BCUT2D eigenvalue weighted by Gasteiger charge is 2.10. The van der Waals surface area contributed by atoms with Crippen molar-refractivity contribution in [1.82, 2.24) is 0 Å². The molecule has 11 heavy (non-hydrogen) atoms. The summed E-state index contributed by atoms with van der Waals surface area (Å²) in [5, 5.41) is 0. The average Bonchev–Trinajstić information content (AvgIpc) is 2.00. The summed E-state index contributed by atoms with van der Waals surface area (Å²) >= 11 is 0. The molecule has 0 spiro atoms. The number of hydrogen-bond acceptors (Lipinski definition) is 3. The van der Waals surface area contributed by atoms with Crippen LogP contribution in [0, 0.1) is 0 Å². The molecule has 0 atom stereocenters. The molecule has 0 heterocycles. The van der Waals surface area contributed by atoms with Crippen LogP contribution in [0.1, 0.15) is 13.8 Å². The number of hydrogen-bond donors (Lipinski definition) is 1. The molecule has 0 saturated carbocycles. The first-order chi connectivity index (χ1) is 5.00. The summed E-state index contributed by atoms with van der Waals surface area (Å²) in [6, 6.07) is 0. The quantitative estimate of drug-likeness (QED) is 0.452. The zero-order valence-electron chi connectivity index (χ0n) is 6.80. The van der Waals surface area contributed by atoms with Crippen molar-refractivity contribution in [2.45, 2.75) is 13.8 Å². The number of primary amides is 1. The van der Waals surface area contributed by atoms with Gasteiger partial charge in [-0.3, -0.25) is 4.79 Å². The smallest absolute Gasteiger partial charge is 0.333 e. The first-order valence-electron chi connectivity index (χ1n) is 3.06. The molecule has 0 saturated heterocycles. The van der Waals surface area contributed by atoms with Crippen molar-refractivity contribution in [2.75, 3.05) is 7.11 Å². The Morgan fingerprint density at radius 1 is 1.18 bits per heavy atom. The molecule has 0 aliphatic heterocycles. The number of carbonyl (C=O) groups is 2. The molecule has 0 bridgehead atoms. The largest absolute Gasteiger partial charge is 0.466 e. The van der Waals surface area contributed by atoms with Crippen LogP contribution in [0.2, 0.25) is 0 Å². The maximum Gasteiger partial charge on any atom is 0.333 e. The lowest BCUT2D eigenvalue weighted by molar-refractivity contribution is -0.136. The van der Waals surface area contributed by atoms with E-state index in [1.165, 1.54) is 21.0 Å². The van der Waals surface area contributed by atoms with Crippen molar-refractivity contribution in [1.29, 1.82) is 0 Å². The lowest BCUT2D eigenvalue weighted by atomic mass is 10.1. The Bertz CT molecular complexity index is 218. The second-order valence-electron chi connectivity index (χ2n) is 2.11. The van der Waals surface area contributed by atoms with Gasteiger partial charge in [0.15, 0.2) is 0 Å². The summed E-state index contributed by atoms with van der Waals surface area (Å²) in [6.45, 7) is 2.97. The molecular weight excluding hydrogens is 146 g/mol. The molecule has 0 fully saturated rings. The van der Waals surface area contributed by atoms with Gasteiger partial charge in [-0.1, -0.05) is 0 Å². The maximum atomic E-state index is 10.8.